The highest BCUT2D eigenvalue weighted by atomic mass is 35.5. The Morgan fingerprint density at radius 2 is 1.86 bits per heavy atom. The van der Waals surface area contributed by atoms with Gasteiger partial charge in [0.2, 0.25) is 5.91 Å². The molecule has 2 aromatic rings. The first-order chi connectivity index (χ1) is 17.9. The summed E-state index contributed by atoms with van der Waals surface area (Å²) in [5.74, 6) is -0.340. The summed E-state index contributed by atoms with van der Waals surface area (Å²) in [5.41, 5.74) is 4.20. The van der Waals surface area contributed by atoms with Crippen LogP contribution in [0.25, 0.3) is 0 Å². The van der Waals surface area contributed by atoms with Crippen molar-refractivity contribution < 1.29 is 14.4 Å². The molecule has 1 N–H and O–H groups in total. The molecule has 1 saturated heterocycles. The zero-order chi connectivity index (χ0) is 26.1. The van der Waals surface area contributed by atoms with Gasteiger partial charge in [-0.2, -0.15) is 0 Å². The van der Waals surface area contributed by atoms with E-state index in [4.69, 9.17) is 11.6 Å². The molecule has 1 unspecified atom stereocenters. The van der Waals surface area contributed by atoms with Gasteiger partial charge in [0, 0.05) is 43.4 Å². The molecule has 0 radical (unpaired) electrons. The number of para-hydroxylation sites is 1. The molecule has 4 amide bonds. The number of nitrogens with zero attached hydrogens (tertiary/aromatic N) is 4. The molecule has 37 heavy (non-hydrogen) atoms. The number of nitrogens with one attached hydrogen (secondary N) is 1. The van der Waals surface area contributed by atoms with Crippen LogP contribution in [0.5, 0.6) is 0 Å². The molecule has 3 aliphatic heterocycles. The van der Waals surface area contributed by atoms with Crippen LogP contribution in [0.3, 0.4) is 0 Å². The van der Waals surface area contributed by atoms with Crippen molar-refractivity contribution in [1.82, 2.24) is 20.0 Å². The van der Waals surface area contributed by atoms with E-state index in [0.717, 1.165) is 18.7 Å². The number of halogens is 1. The molecule has 0 bridgehead atoms. The lowest BCUT2D eigenvalue weighted by atomic mass is 9.95. The van der Waals surface area contributed by atoms with Gasteiger partial charge in [0.05, 0.1) is 23.9 Å². The predicted molar refractivity (Wildman–Crippen MR) is 143 cm³/mol. The molecule has 0 spiro atoms. The molecule has 5 rings (SSSR count). The summed E-state index contributed by atoms with van der Waals surface area (Å²) >= 11 is 6.20. The highest BCUT2D eigenvalue weighted by molar-refractivity contribution is 6.30. The third-order valence-corrected chi connectivity index (χ3v) is 7.44. The highest BCUT2D eigenvalue weighted by Crippen LogP contribution is 2.37. The summed E-state index contributed by atoms with van der Waals surface area (Å²) < 4.78 is 0. The second kappa shape index (κ2) is 10.3. The maximum atomic E-state index is 13.6. The third kappa shape index (κ3) is 4.81. The van der Waals surface area contributed by atoms with Crippen LogP contribution < -0.4 is 10.2 Å². The van der Waals surface area contributed by atoms with Gasteiger partial charge in [-0.1, -0.05) is 48.0 Å². The summed E-state index contributed by atoms with van der Waals surface area (Å²) in [7, 11) is 0. The maximum Gasteiger partial charge on any atom is 0.322 e. The topological polar surface area (TPSA) is 76.2 Å². The van der Waals surface area contributed by atoms with Gasteiger partial charge in [-0.3, -0.25) is 14.5 Å². The lowest BCUT2D eigenvalue weighted by Crippen LogP contribution is -2.51. The van der Waals surface area contributed by atoms with Gasteiger partial charge >= 0.3 is 6.03 Å². The van der Waals surface area contributed by atoms with Crippen molar-refractivity contribution in [2.75, 3.05) is 50.7 Å². The average Bonchev–Trinajstić information content (AvgIpc) is 3.21. The van der Waals surface area contributed by atoms with Crippen molar-refractivity contribution in [1.29, 1.82) is 0 Å². The zero-order valence-electron chi connectivity index (χ0n) is 20.8. The second-order valence-corrected chi connectivity index (χ2v) is 9.95. The van der Waals surface area contributed by atoms with Crippen LogP contribution in [-0.2, 0) is 9.59 Å². The number of hydrogen-bond acceptors (Lipinski definition) is 4. The fourth-order valence-corrected chi connectivity index (χ4v) is 5.51. The summed E-state index contributed by atoms with van der Waals surface area (Å²) in [6, 6.07) is 14.4. The fourth-order valence-electron chi connectivity index (χ4n) is 5.31. The SMILES string of the molecule is C=CCN1C(=O)NC(c2cccc(Cl)c2)C2=C1CN(CC(=O)N1CCN(c3ccccc3C)CC1)C2=O. The first-order valence-electron chi connectivity index (χ1n) is 12.4. The molecule has 0 aliphatic carbocycles. The number of amides is 4. The number of anilines is 1. The number of piperazine rings is 1. The van der Waals surface area contributed by atoms with E-state index in [-0.39, 0.29) is 37.5 Å². The smallest absolute Gasteiger partial charge is 0.322 e. The molecular weight excluding hydrogens is 490 g/mol. The zero-order valence-corrected chi connectivity index (χ0v) is 21.6. The quantitative estimate of drug-likeness (QED) is 0.594. The lowest BCUT2D eigenvalue weighted by Gasteiger charge is -2.37. The van der Waals surface area contributed by atoms with Crippen molar-refractivity contribution in [3.63, 3.8) is 0 Å². The first kappa shape index (κ1) is 24.9. The van der Waals surface area contributed by atoms with Gasteiger partial charge in [-0.25, -0.2) is 4.79 Å². The Labute approximate surface area is 221 Å². The molecule has 2 aromatic carbocycles. The van der Waals surface area contributed by atoms with Crippen LogP contribution in [-0.4, -0.2) is 78.4 Å². The normalized spacial score (nSPS) is 19.8. The van der Waals surface area contributed by atoms with E-state index in [1.165, 1.54) is 21.1 Å². The highest BCUT2D eigenvalue weighted by Gasteiger charge is 2.44. The van der Waals surface area contributed by atoms with E-state index >= 15 is 0 Å². The number of rotatable bonds is 6. The summed E-state index contributed by atoms with van der Waals surface area (Å²) in [6.07, 6.45) is 1.62. The molecule has 3 aliphatic rings. The van der Waals surface area contributed by atoms with E-state index in [1.54, 1.807) is 24.3 Å². The molecule has 0 saturated carbocycles. The Hall–Kier alpha value is -3.78. The minimum absolute atomic E-state index is 0.0332. The van der Waals surface area contributed by atoms with Crippen molar-refractivity contribution in [3.05, 3.63) is 88.6 Å². The first-order valence-corrected chi connectivity index (χ1v) is 12.8. The minimum Gasteiger partial charge on any atom is -0.368 e. The van der Waals surface area contributed by atoms with Crippen molar-refractivity contribution >= 4 is 35.1 Å². The minimum atomic E-state index is -0.632. The van der Waals surface area contributed by atoms with E-state index in [9.17, 15) is 14.4 Å². The van der Waals surface area contributed by atoms with Gasteiger partial charge in [0.25, 0.3) is 5.91 Å². The van der Waals surface area contributed by atoms with Gasteiger partial charge in [0.1, 0.15) is 6.54 Å². The van der Waals surface area contributed by atoms with E-state index in [1.807, 2.05) is 23.1 Å². The molecule has 1 fully saturated rings. The Morgan fingerprint density at radius 1 is 1.11 bits per heavy atom. The summed E-state index contributed by atoms with van der Waals surface area (Å²) in [4.78, 5) is 47.0. The molecule has 192 valence electrons. The molecule has 8 nitrogen and oxygen atoms in total. The summed E-state index contributed by atoms with van der Waals surface area (Å²) in [5, 5.41) is 3.45. The average molecular weight is 520 g/mol. The van der Waals surface area contributed by atoms with Gasteiger partial charge in [0.15, 0.2) is 0 Å². The van der Waals surface area contributed by atoms with Crippen LogP contribution in [0.2, 0.25) is 5.02 Å². The number of benzene rings is 2. The second-order valence-electron chi connectivity index (χ2n) is 9.51. The Kier molecular flexibility index (Phi) is 6.93. The van der Waals surface area contributed by atoms with Gasteiger partial charge in [-0.05, 0) is 36.2 Å². The maximum absolute atomic E-state index is 13.6. The lowest BCUT2D eigenvalue weighted by molar-refractivity contribution is -0.137. The third-order valence-electron chi connectivity index (χ3n) is 7.20. The van der Waals surface area contributed by atoms with E-state index in [0.29, 0.717) is 29.4 Å². The van der Waals surface area contributed by atoms with Crippen LogP contribution >= 0.6 is 11.6 Å². The molecule has 0 aromatic heterocycles. The fraction of sp³-hybridized carbons (Fsp3) is 0.321. The van der Waals surface area contributed by atoms with Crippen molar-refractivity contribution in [3.8, 4) is 0 Å². The van der Waals surface area contributed by atoms with Crippen LogP contribution in [0, 0.1) is 6.92 Å². The number of carbonyl (C=O) groups excluding carboxylic acids is 3. The number of urea groups is 1. The van der Waals surface area contributed by atoms with Gasteiger partial charge in [-0.15, -0.1) is 6.58 Å². The van der Waals surface area contributed by atoms with E-state index in [2.05, 4.69) is 35.9 Å². The Bertz CT molecular complexity index is 1280. The Balaban J connectivity index is 1.30. The van der Waals surface area contributed by atoms with Gasteiger partial charge < -0.3 is 20.0 Å². The number of aryl methyl sites for hydroxylation is 1. The number of carbonyl (C=O) groups is 3. The van der Waals surface area contributed by atoms with Crippen LogP contribution in [0.15, 0.2) is 72.5 Å². The van der Waals surface area contributed by atoms with Crippen molar-refractivity contribution in [2.24, 2.45) is 0 Å². The monoisotopic (exact) mass is 519 g/mol. The molecule has 3 heterocycles. The largest absolute Gasteiger partial charge is 0.368 e. The molecule has 1 atom stereocenters. The standard InChI is InChI=1S/C28H30ClN5O3/c1-3-11-34-23-17-33(27(36)25(23)26(30-28(34)37)20-8-6-9-21(29)16-20)18-24(35)32-14-12-31(13-15-32)22-10-5-4-7-19(22)2/h3-10,16,26H,1,11-15,17-18H2,2H3,(H,30,37). The summed E-state index contributed by atoms with van der Waals surface area (Å²) in [6.45, 7) is 8.93. The molecule has 9 heteroatoms. The predicted octanol–water partition coefficient (Wildman–Crippen LogP) is 3.35. The molecular formula is C28H30ClN5O3. The number of hydrogen-bond donors (Lipinski definition) is 1. The van der Waals surface area contributed by atoms with Crippen LogP contribution in [0.1, 0.15) is 17.2 Å². The Morgan fingerprint density at radius 3 is 2.57 bits per heavy atom. The van der Waals surface area contributed by atoms with E-state index < -0.39 is 6.04 Å². The van der Waals surface area contributed by atoms with Crippen molar-refractivity contribution in [2.45, 2.75) is 13.0 Å². The van der Waals surface area contributed by atoms with Crippen LogP contribution in [0.4, 0.5) is 10.5 Å².